The molecular formula is C22H25N3O3. The molecule has 0 spiro atoms. The van der Waals surface area contributed by atoms with E-state index in [1.54, 1.807) is 13.1 Å². The maximum Gasteiger partial charge on any atom is 0.273 e. The van der Waals surface area contributed by atoms with Gasteiger partial charge in [-0.1, -0.05) is 65.4 Å². The van der Waals surface area contributed by atoms with Crippen LogP contribution >= 0.6 is 0 Å². The standard InChI is InChI=1S/C22H25N3O3/c1-6-17-11-7-8-12-18(17)16(3)24-28-14-20-15(2)10-9-13-19(20)21(25-27-5)22(26)23-4/h6-13H,1,14H2,2-5H3,(H,23,26)/b24-16+,25-21+. The van der Waals surface area contributed by atoms with Crippen LogP contribution in [0.2, 0.25) is 0 Å². The number of benzene rings is 2. The Bertz CT molecular complexity index is 917. The number of hydrogen-bond acceptors (Lipinski definition) is 5. The molecule has 0 heterocycles. The summed E-state index contributed by atoms with van der Waals surface area (Å²) >= 11 is 0. The monoisotopic (exact) mass is 379 g/mol. The van der Waals surface area contributed by atoms with E-state index in [0.717, 1.165) is 28.0 Å². The second kappa shape index (κ2) is 10.1. The van der Waals surface area contributed by atoms with Gasteiger partial charge in [0.15, 0.2) is 5.71 Å². The first-order valence-electron chi connectivity index (χ1n) is 8.84. The Kier molecular flexibility index (Phi) is 7.51. The predicted molar refractivity (Wildman–Crippen MR) is 112 cm³/mol. The van der Waals surface area contributed by atoms with Gasteiger partial charge in [-0.3, -0.25) is 4.79 Å². The van der Waals surface area contributed by atoms with E-state index in [9.17, 15) is 4.79 Å². The number of oxime groups is 2. The van der Waals surface area contributed by atoms with Crippen LogP contribution in [0.25, 0.3) is 6.08 Å². The Hall–Kier alpha value is -3.41. The van der Waals surface area contributed by atoms with Crippen LogP contribution in [0.5, 0.6) is 0 Å². The minimum Gasteiger partial charge on any atom is -0.398 e. The van der Waals surface area contributed by atoms with Crippen LogP contribution < -0.4 is 5.32 Å². The van der Waals surface area contributed by atoms with Crippen LogP contribution in [-0.4, -0.2) is 31.5 Å². The lowest BCUT2D eigenvalue weighted by Crippen LogP contribution is -2.29. The third kappa shape index (κ3) is 4.85. The molecule has 1 amide bonds. The molecule has 2 aromatic rings. The third-order valence-electron chi connectivity index (χ3n) is 4.27. The molecule has 0 saturated heterocycles. The Morgan fingerprint density at radius 1 is 1.14 bits per heavy atom. The topological polar surface area (TPSA) is 72.3 Å². The molecule has 0 bridgehead atoms. The number of carbonyl (C=O) groups is 1. The summed E-state index contributed by atoms with van der Waals surface area (Å²) in [5.74, 6) is -0.340. The fraction of sp³-hybridized carbons (Fsp3) is 0.227. The summed E-state index contributed by atoms with van der Waals surface area (Å²) in [5, 5.41) is 10.7. The molecule has 0 saturated carbocycles. The molecule has 0 aliphatic rings. The number of amides is 1. The van der Waals surface area contributed by atoms with E-state index in [4.69, 9.17) is 9.68 Å². The van der Waals surface area contributed by atoms with Crippen LogP contribution in [0.3, 0.4) is 0 Å². The molecule has 28 heavy (non-hydrogen) atoms. The smallest absolute Gasteiger partial charge is 0.273 e. The summed E-state index contributed by atoms with van der Waals surface area (Å²) in [6, 6.07) is 13.4. The number of likely N-dealkylation sites (N-methyl/N-ethyl adjacent to an activating group) is 1. The van der Waals surface area contributed by atoms with Gasteiger partial charge in [0.2, 0.25) is 0 Å². The van der Waals surface area contributed by atoms with Crippen LogP contribution in [0, 0.1) is 6.92 Å². The average Bonchev–Trinajstić information content (AvgIpc) is 2.72. The van der Waals surface area contributed by atoms with Gasteiger partial charge in [0.25, 0.3) is 5.91 Å². The van der Waals surface area contributed by atoms with E-state index < -0.39 is 0 Å². The van der Waals surface area contributed by atoms with E-state index in [0.29, 0.717) is 5.56 Å². The Morgan fingerprint density at radius 2 is 1.86 bits per heavy atom. The zero-order valence-corrected chi connectivity index (χ0v) is 16.7. The molecule has 0 aliphatic carbocycles. The highest BCUT2D eigenvalue weighted by molar-refractivity contribution is 6.45. The first kappa shape index (κ1) is 20.9. The Balaban J connectivity index is 2.31. The van der Waals surface area contributed by atoms with Gasteiger partial charge in [0.05, 0.1) is 5.71 Å². The van der Waals surface area contributed by atoms with Gasteiger partial charge >= 0.3 is 0 Å². The largest absolute Gasteiger partial charge is 0.398 e. The van der Waals surface area contributed by atoms with Crippen molar-refractivity contribution < 1.29 is 14.5 Å². The molecule has 6 nitrogen and oxygen atoms in total. The molecule has 2 rings (SSSR count). The van der Waals surface area contributed by atoms with E-state index in [-0.39, 0.29) is 18.2 Å². The highest BCUT2D eigenvalue weighted by Gasteiger charge is 2.19. The van der Waals surface area contributed by atoms with Crippen LogP contribution in [0.4, 0.5) is 0 Å². The van der Waals surface area contributed by atoms with E-state index in [1.807, 2.05) is 56.3 Å². The fourth-order valence-corrected chi connectivity index (χ4v) is 2.79. The lowest BCUT2D eigenvalue weighted by Gasteiger charge is -2.13. The predicted octanol–water partition coefficient (Wildman–Crippen LogP) is 3.68. The molecule has 2 aromatic carbocycles. The Morgan fingerprint density at radius 3 is 2.54 bits per heavy atom. The molecule has 0 atom stereocenters. The molecule has 0 aromatic heterocycles. The van der Waals surface area contributed by atoms with Crippen molar-refractivity contribution in [1.29, 1.82) is 0 Å². The number of carbonyl (C=O) groups excluding carboxylic acids is 1. The van der Waals surface area contributed by atoms with Gasteiger partial charge in [0.1, 0.15) is 13.7 Å². The summed E-state index contributed by atoms with van der Waals surface area (Å²) < 4.78 is 0. The Labute approximate surface area is 165 Å². The first-order chi connectivity index (χ1) is 13.5. The molecule has 0 fully saturated rings. The second-order valence-corrected chi connectivity index (χ2v) is 6.04. The second-order valence-electron chi connectivity index (χ2n) is 6.04. The van der Waals surface area contributed by atoms with Gasteiger partial charge in [-0.25, -0.2) is 0 Å². The number of nitrogens with one attached hydrogen (secondary N) is 1. The van der Waals surface area contributed by atoms with Crippen LogP contribution in [0.1, 0.15) is 34.7 Å². The van der Waals surface area contributed by atoms with Crippen molar-refractivity contribution in [2.24, 2.45) is 10.3 Å². The fourth-order valence-electron chi connectivity index (χ4n) is 2.79. The van der Waals surface area contributed by atoms with E-state index in [1.165, 1.54) is 7.11 Å². The minimum absolute atomic E-state index is 0.185. The normalized spacial score (nSPS) is 11.7. The van der Waals surface area contributed by atoms with Crippen molar-refractivity contribution >= 4 is 23.4 Å². The molecular weight excluding hydrogens is 354 g/mol. The average molecular weight is 379 g/mol. The maximum absolute atomic E-state index is 12.2. The lowest BCUT2D eigenvalue weighted by atomic mass is 9.98. The van der Waals surface area contributed by atoms with Crippen LogP contribution in [-0.2, 0) is 21.1 Å². The van der Waals surface area contributed by atoms with Crippen molar-refractivity contribution in [3.05, 3.63) is 76.9 Å². The zero-order chi connectivity index (χ0) is 20.5. The van der Waals surface area contributed by atoms with Gasteiger partial charge in [-0.05, 0) is 25.0 Å². The lowest BCUT2D eigenvalue weighted by molar-refractivity contribution is -0.114. The van der Waals surface area contributed by atoms with Gasteiger partial charge in [-0.15, -0.1) is 0 Å². The summed E-state index contributed by atoms with van der Waals surface area (Å²) in [4.78, 5) is 22.7. The summed E-state index contributed by atoms with van der Waals surface area (Å²) in [6.07, 6.45) is 1.78. The minimum atomic E-state index is -0.340. The van der Waals surface area contributed by atoms with Crippen molar-refractivity contribution in [2.75, 3.05) is 14.2 Å². The van der Waals surface area contributed by atoms with Crippen molar-refractivity contribution in [3.63, 3.8) is 0 Å². The van der Waals surface area contributed by atoms with E-state index >= 15 is 0 Å². The summed E-state index contributed by atoms with van der Waals surface area (Å²) in [5.41, 5.74) is 5.28. The number of rotatable bonds is 8. The van der Waals surface area contributed by atoms with Gasteiger partial charge < -0.3 is 15.0 Å². The number of hydrogen-bond donors (Lipinski definition) is 1. The molecule has 0 aliphatic heterocycles. The maximum atomic E-state index is 12.2. The van der Waals surface area contributed by atoms with Crippen molar-refractivity contribution in [2.45, 2.75) is 20.5 Å². The highest BCUT2D eigenvalue weighted by atomic mass is 16.6. The van der Waals surface area contributed by atoms with Crippen LogP contribution in [0.15, 0.2) is 59.4 Å². The number of nitrogens with zero attached hydrogens (tertiary/aromatic N) is 2. The SMILES string of the molecule is C=Cc1ccccc1/C(C)=N/OCc1c(C)cccc1/C(=N\OC)C(=O)NC. The molecule has 146 valence electrons. The van der Waals surface area contributed by atoms with Crippen molar-refractivity contribution in [1.82, 2.24) is 5.32 Å². The molecule has 0 radical (unpaired) electrons. The molecule has 1 N–H and O–H groups in total. The molecule has 0 unspecified atom stereocenters. The summed E-state index contributed by atoms with van der Waals surface area (Å²) in [6.45, 7) is 7.84. The summed E-state index contributed by atoms with van der Waals surface area (Å²) in [7, 11) is 2.95. The highest BCUT2D eigenvalue weighted by Crippen LogP contribution is 2.18. The third-order valence-corrected chi connectivity index (χ3v) is 4.27. The first-order valence-corrected chi connectivity index (χ1v) is 8.84. The van der Waals surface area contributed by atoms with Crippen molar-refractivity contribution in [3.8, 4) is 0 Å². The quantitative estimate of drug-likeness (QED) is 0.562. The van der Waals surface area contributed by atoms with E-state index in [2.05, 4.69) is 22.2 Å². The molecule has 6 heteroatoms. The number of aryl methyl sites for hydroxylation is 1. The van der Waals surface area contributed by atoms with Gasteiger partial charge in [-0.2, -0.15) is 0 Å². The van der Waals surface area contributed by atoms with Gasteiger partial charge in [0, 0.05) is 23.7 Å². The zero-order valence-electron chi connectivity index (χ0n) is 16.7.